The summed E-state index contributed by atoms with van der Waals surface area (Å²) in [6, 6.07) is 17.2. The third-order valence-corrected chi connectivity index (χ3v) is 9.89. The number of esters is 1. The van der Waals surface area contributed by atoms with Gasteiger partial charge in [0.1, 0.15) is 10.4 Å². The van der Waals surface area contributed by atoms with E-state index in [1.54, 1.807) is 21.1 Å². The second-order valence-corrected chi connectivity index (χ2v) is 12.7. The van der Waals surface area contributed by atoms with Crippen LogP contribution in [-0.2, 0) is 33.1 Å². The zero-order valence-electron chi connectivity index (χ0n) is 24.3. The van der Waals surface area contributed by atoms with Crippen LogP contribution in [-0.4, -0.2) is 60.4 Å². The summed E-state index contributed by atoms with van der Waals surface area (Å²) in [5.74, 6) is -0.565. The molecule has 0 fully saturated rings. The number of aromatic nitrogens is 3. The molecule has 0 bridgehead atoms. The van der Waals surface area contributed by atoms with Crippen molar-refractivity contribution < 1.29 is 17.9 Å². The molecule has 41 heavy (non-hydrogen) atoms. The number of sulfonamides is 1. The average Bonchev–Trinajstić information content (AvgIpc) is 3.31. The van der Waals surface area contributed by atoms with E-state index < -0.39 is 10.0 Å². The van der Waals surface area contributed by atoms with E-state index in [0.717, 1.165) is 45.3 Å². The highest BCUT2D eigenvalue weighted by atomic mass is 32.2. The van der Waals surface area contributed by atoms with Crippen molar-refractivity contribution in [1.29, 1.82) is 0 Å². The highest BCUT2D eigenvalue weighted by molar-refractivity contribution is 7.89. The monoisotopic (exact) mass is 575 g/mol. The Labute approximate surface area is 241 Å². The number of likely N-dealkylation sites (N-methyl/N-ethyl adjacent to an activating group) is 1. The van der Waals surface area contributed by atoms with Crippen LogP contribution in [0.2, 0.25) is 0 Å². The Kier molecular flexibility index (Phi) is 8.15. The number of hydrogen-bond donors (Lipinski definition) is 0. The summed E-state index contributed by atoms with van der Waals surface area (Å²) >= 11 is 0. The third-order valence-electron chi connectivity index (χ3n) is 7.99. The number of fused-ring (bicyclic) bond motifs is 2. The molecule has 0 spiro atoms. The first-order valence-corrected chi connectivity index (χ1v) is 15.4. The molecule has 1 aromatic heterocycles. The van der Waals surface area contributed by atoms with Gasteiger partial charge in [-0.15, -0.1) is 5.10 Å². The predicted molar refractivity (Wildman–Crippen MR) is 159 cm³/mol. The van der Waals surface area contributed by atoms with Crippen LogP contribution in [0.15, 0.2) is 59.5 Å². The molecule has 0 N–H and O–H groups in total. The molecule has 0 saturated heterocycles. The minimum absolute atomic E-state index is 0.162. The Balaban J connectivity index is 1.54. The van der Waals surface area contributed by atoms with Crippen LogP contribution in [0.5, 0.6) is 0 Å². The molecule has 2 heterocycles. The molecule has 1 aliphatic heterocycles. The molecule has 10 heteroatoms. The molecule has 9 nitrogen and oxygen atoms in total. The normalized spacial score (nSPS) is 15.9. The van der Waals surface area contributed by atoms with Gasteiger partial charge in [-0.05, 0) is 66.3 Å². The minimum Gasteiger partial charge on any atom is -0.466 e. The maximum Gasteiger partial charge on any atom is 0.306 e. The highest BCUT2D eigenvalue weighted by Gasteiger charge is 2.32. The van der Waals surface area contributed by atoms with Crippen molar-refractivity contribution in [2.24, 2.45) is 7.05 Å². The fraction of sp³-hybridized carbons (Fsp3) is 0.387. The van der Waals surface area contributed by atoms with E-state index in [0.29, 0.717) is 30.3 Å². The van der Waals surface area contributed by atoms with Crippen LogP contribution in [0.25, 0.3) is 11.0 Å². The summed E-state index contributed by atoms with van der Waals surface area (Å²) in [6.45, 7) is 7.52. The quantitative estimate of drug-likeness (QED) is 0.281. The standard InChI is InChI=1S/C31H37N5O4S/c1-6-17-40-30(37)19-26(25-13-14-28-31(22(25)3)32-33-35(28)5)23-12-11-21(2)24(18-23)20-36-16-15-34(4)27-9-7-8-10-29(27)41(36,38)39/h7-14,18,26H,6,15-17,19-20H2,1-5H3. The van der Waals surface area contributed by atoms with E-state index >= 15 is 0 Å². The number of benzene rings is 3. The first-order chi connectivity index (χ1) is 19.6. The Morgan fingerprint density at radius 2 is 1.83 bits per heavy atom. The average molecular weight is 576 g/mol. The number of nitrogens with zero attached hydrogens (tertiary/aromatic N) is 5. The SMILES string of the molecule is CCCOC(=O)CC(c1ccc(C)c(CN2CCN(C)c3ccccc3S2(=O)=O)c1)c1ccc2c(nnn2C)c1C. The molecule has 0 radical (unpaired) electrons. The molecular formula is C31H37N5O4S. The van der Waals surface area contributed by atoms with Gasteiger partial charge < -0.3 is 9.64 Å². The lowest BCUT2D eigenvalue weighted by Gasteiger charge is -2.24. The van der Waals surface area contributed by atoms with Crippen molar-refractivity contribution >= 4 is 32.7 Å². The number of ether oxygens (including phenoxy) is 1. The maximum absolute atomic E-state index is 13.8. The molecule has 1 atom stereocenters. The van der Waals surface area contributed by atoms with E-state index in [9.17, 15) is 13.2 Å². The number of para-hydroxylation sites is 1. The van der Waals surface area contributed by atoms with Crippen molar-refractivity contribution in [3.63, 3.8) is 0 Å². The van der Waals surface area contributed by atoms with Gasteiger partial charge in [0.2, 0.25) is 10.0 Å². The van der Waals surface area contributed by atoms with Crippen LogP contribution in [0.4, 0.5) is 5.69 Å². The van der Waals surface area contributed by atoms with E-state index in [1.165, 1.54) is 0 Å². The Bertz CT molecular complexity index is 1700. The van der Waals surface area contributed by atoms with Gasteiger partial charge >= 0.3 is 5.97 Å². The fourth-order valence-electron chi connectivity index (χ4n) is 5.54. The molecule has 4 aromatic rings. The van der Waals surface area contributed by atoms with E-state index in [-0.39, 0.29) is 24.9 Å². The Hall–Kier alpha value is -3.76. The van der Waals surface area contributed by atoms with Gasteiger partial charge in [0.25, 0.3) is 0 Å². The van der Waals surface area contributed by atoms with Crippen LogP contribution in [0.3, 0.4) is 0 Å². The minimum atomic E-state index is -3.71. The molecular weight excluding hydrogens is 538 g/mol. The highest BCUT2D eigenvalue weighted by Crippen LogP contribution is 2.36. The van der Waals surface area contributed by atoms with Gasteiger partial charge in [0, 0.05) is 39.6 Å². The molecule has 0 aliphatic carbocycles. The number of carbonyl (C=O) groups is 1. The summed E-state index contributed by atoms with van der Waals surface area (Å²) in [6.07, 6.45) is 0.910. The molecule has 5 rings (SSSR count). The first-order valence-electron chi connectivity index (χ1n) is 14.0. The summed E-state index contributed by atoms with van der Waals surface area (Å²) < 4.78 is 36.3. The van der Waals surface area contributed by atoms with Gasteiger partial charge in [-0.3, -0.25) is 4.79 Å². The largest absolute Gasteiger partial charge is 0.466 e. The zero-order chi connectivity index (χ0) is 29.3. The number of anilines is 1. The summed E-state index contributed by atoms with van der Waals surface area (Å²) in [7, 11) is 0.0630. The lowest BCUT2D eigenvalue weighted by atomic mass is 9.84. The Morgan fingerprint density at radius 3 is 2.61 bits per heavy atom. The van der Waals surface area contributed by atoms with Crippen LogP contribution in [0.1, 0.15) is 53.5 Å². The fourth-order valence-corrected chi connectivity index (χ4v) is 7.19. The predicted octanol–water partition coefficient (Wildman–Crippen LogP) is 4.70. The van der Waals surface area contributed by atoms with Crippen LogP contribution in [0, 0.1) is 13.8 Å². The van der Waals surface area contributed by atoms with E-state index in [2.05, 4.69) is 10.3 Å². The van der Waals surface area contributed by atoms with Crippen molar-refractivity contribution in [1.82, 2.24) is 19.3 Å². The van der Waals surface area contributed by atoms with Crippen LogP contribution >= 0.6 is 0 Å². The van der Waals surface area contributed by atoms with Crippen molar-refractivity contribution in [2.75, 3.05) is 31.6 Å². The lowest BCUT2D eigenvalue weighted by Crippen LogP contribution is -2.33. The summed E-state index contributed by atoms with van der Waals surface area (Å²) in [4.78, 5) is 15.2. The zero-order valence-corrected chi connectivity index (χ0v) is 25.1. The van der Waals surface area contributed by atoms with E-state index in [4.69, 9.17) is 4.74 Å². The molecule has 0 saturated carbocycles. The molecule has 3 aromatic carbocycles. The number of carbonyl (C=O) groups excluding carboxylic acids is 1. The lowest BCUT2D eigenvalue weighted by molar-refractivity contribution is -0.143. The van der Waals surface area contributed by atoms with Crippen molar-refractivity contribution in [2.45, 2.75) is 51.0 Å². The van der Waals surface area contributed by atoms with Gasteiger partial charge in [-0.25, -0.2) is 13.1 Å². The first kappa shape index (κ1) is 28.8. The molecule has 216 valence electrons. The number of aryl methyl sites for hydroxylation is 3. The van der Waals surface area contributed by atoms with E-state index in [1.807, 2.05) is 82.2 Å². The molecule has 1 unspecified atom stereocenters. The van der Waals surface area contributed by atoms with Crippen molar-refractivity contribution in [3.05, 3.63) is 82.4 Å². The maximum atomic E-state index is 13.8. The second kappa shape index (κ2) is 11.6. The Morgan fingerprint density at radius 1 is 1.05 bits per heavy atom. The molecule has 1 aliphatic rings. The number of rotatable bonds is 8. The number of hydrogen-bond acceptors (Lipinski definition) is 7. The van der Waals surface area contributed by atoms with Gasteiger partial charge in [-0.2, -0.15) is 4.31 Å². The van der Waals surface area contributed by atoms with Gasteiger partial charge in [-0.1, -0.05) is 48.5 Å². The molecule has 0 amide bonds. The third kappa shape index (κ3) is 5.58. The van der Waals surface area contributed by atoms with Crippen molar-refractivity contribution in [3.8, 4) is 0 Å². The second-order valence-electron chi connectivity index (χ2n) is 10.8. The topological polar surface area (TPSA) is 97.6 Å². The summed E-state index contributed by atoms with van der Waals surface area (Å²) in [5.41, 5.74) is 7.17. The van der Waals surface area contributed by atoms with Crippen LogP contribution < -0.4 is 4.90 Å². The van der Waals surface area contributed by atoms with Gasteiger partial charge in [0.05, 0.1) is 24.2 Å². The smallest absolute Gasteiger partial charge is 0.306 e. The summed E-state index contributed by atoms with van der Waals surface area (Å²) in [5, 5.41) is 8.53. The van der Waals surface area contributed by atoms with Gasteiger partial charge in [0.15, 0.2) is 0 Å².